The van der Waals surface area contributed by atoms with Crippen LogP contribution in [-0.4, -0.2) is 68.1 Å². The van der Waals surface area contributed by atoms with Crippen LogP contribution < -0.4 is 13.6 Å². The highest BCUT2D eigenvalue weighted by Crippen LogP contribution is 2.43. The van der Waals surface area contributed by atoms with Gasteiger partial charge in [-0.1, -0.05) is 18.2 Å². The fourth-order valence-electron chi connectivity index (χ4n) is 4.70. The number of nitrogens with zero attached hydrogens (tertiary/aromatic N) is 3. The summed E-state index contributed by atoms with van der Waals surface area (Å²) < 4.78 is 81.0. The quantitative estimate of drug-likeness (QED) is 0.134. The van der Waals surface area contributed by atoms with E-state index in [-0.39, 0.29) is 71.3 Å². The minimum Gasteiger partial charge on any atom is -0.506 e. The molecule has 1 saturated heterocycles. The van der Waals surface area contributed by atoms with Crippen LogP contribution in [-0.2, 0) is 36.0 Å². The molecule has 0 radical (unpaired) electrons. The summed E-state index contributed by atoms with van der Waals surface area (Å²) in [6.45, 7) is 4.22. The van der Waals surface area contributed by atoms with Crippen molar-refractivity contribution in [1.29, 1.82) is 0 Å². The molecule has 4 aromatic rings. The second-order valence-corrected chi connectivity index (χ2v) is 14.9. The Hall–Kier alpha value is -4.29. The number of rotatable bonds is 10. The summed E-state index contributed by atoms with van der Waals surface area (Å²) in [6, 6.07) is 14.7. The Morgan fingerprint density at radius 3 is 2.33 bits per heavy atom. The number of anilines is 2. The van der Waals surface area contributed by atoms with Gasteiger partial charge in [0.05, 0.1) is 42.2 Å². The van der Waals surface area contributed by atoms with Gasteiger partial charge in [0.1, 0.15) is 22.1 Å². The second-order valence-electron chi connectivity index (χ2n) is 10.4. The first-order chi connectivity index (χ1) is 21.7. The number of fused-ring (bicyclic) bond motifs is 1. The van der Waals surface area contributed by atoms with Gasteiger partial charge in [-0.3, -0.25) is 9.44 Å². The molecular weight excluding hydrogens is 659 g/mol. The van der Waals surface area contributed by atoms with Gasteiger partial charge in [0.2, 0.25) is 20.0 Å². The van der Waals surface area contributed by atoms with Gasteiger partial charge in [0, 0.05) is 29.9 Å². The van der Waals surface area contributed by atoms with Crippen molar-refractivity contribution in [2.45, 2.75) is 18.7 Å². The topological polar surface area (TPSA) is 196 Å². The van der Waals surface area contributed by atoms with Crippen molar-refractivity contribution < 1.29 is 40.2 Å². The van der Waals surface area contributed by atoms with Crippen LogP contribution in [0.4, 0.5) is 22.7 Å². The molecule has 244 valence electrons. The lowest BCUT2D eigenvalue weighted by molar-refractivity contribution is 0.0730. The van der Waals surface area contributed by atoms with Gasteiger partial charge in [-0.15, -0.1) is 5.11 Å². The zero-order chi connectivity index (χ0) is 33.2. The van der Waals surface area contributed by atoms with E-state index in [4.69, 9.17) is 8.92 Å². The molecular formula is C29H31N5O9S3. The van der Waals surface area contributed by atoms with Crippen LogP contribution in [0.3, 0.4) is 0 Å². The molecule has 46 heavy (non-hydrogen) atoms. The second kappa shape index (κ2) is 13.2. The number of sulfonamides is 2. The van der Waals surface area contributed by atoms with E-state index in [2.05, 4.69) is 19.7 Å². The van der Waals surface area contributed by atoms with E-state index in [1.54, 1.807) is 18.2 Å². The number of ether oxygens (including phenoxy) is 1. The molecule has 14 nitrogen and oxygen atoms in total. The van der Waals surface area contributed by atoms with Gasteiger partial charge in [0.25, 0.3) is 0 Å². The van der Waals surface area contributed by atoms with Crippen molar-refractivity contribution >= 4 is 64.8 Å². The molecule has 1 aliphatic rings. The Morgan fingerprint density at radius 1 is 0.913 bits per heavy atom. The van der Waals surface area contributed by atoms with Crippen molar-refractivity contribution in [3.05, 3.63) is 71.8 Å². The number of azo groups is 1. The third kappa shape index (κ3) is 7.39. The summed E-state index contributed by atoms with van der Waals surface area (Å²) in [5.74, 6) is -0.530. The maximum atomic E-state index is 13.6. The minimum atomic E-state index is -4.21. The van der Waals surface area contributed by atoms with E-state index >= 15 is 0 Å². The van der Waals surface area contributed by atoms with Crippen molar-refractivity contribution in [2.75, 3.05) is 42.0 Å². The summed E-state index contributed by atoms with van der Waals surface area (Å²) >= 11 is -2.10. The van der Waals surface area contributed by atoms with Gasteiger partial charge < -0.3 is 19.1 Å². The first kappa shape index (κ1) is 33.1. The van der Waals surface area contributed by atoms with Crippen LogP contribution in [0.2, 0.25) is 0 Å². The van der Waals surface area contributed by atoms with E-state index in [1.807, 2.05) is 13.8 Å². The molecule has 0 spiro atoms. The zero-order valence-corrected chi connectivity index (χ0v) is 27.4. The predicted molar refractivity (Wildman–Crippen MR) is 174 cm³/mol. The Kier molecular flexibility index (Phi) is 9.50. The summed E-state index contributed by atoms with van der Waals surface area (Å²) in [5, 5.41) is 30.0. The lowest BCUT2D eigenvalue weighted by atomic mass is 10.1. The summed E-state index contributed by atoms with van der Waals surface area (Å²) in [7, 11) is -7.99. The Labute approximate surface area is 268 Å². The number of nitrogens with one attached hydrogen (secondary N) is 2. The number of benzene rings is 4. The maximum absolute atomic E-state index is 13.6. The minimum absolute atomic E-state index is 0.0325. The molecule has 0 aromatic heterocycles. The number of morpholine rings is 1. The van der Waals surface area contributed by atoms with Gasteiger partial charge >= 0.3 is 11.3 Å². The highest BCUT2D eigenvalue weighted by atomic mass is 32.2. The van der Waals surface area contributed by atoms with Crippen molar-refractivity contribution in [2.24, 2.45) is 10.2 Å². The van der Waals surface area contributed by atoms with Gasteiger partial charge in [-0.25, -0.2) is 16.8 Å². The normalized spacial score (nSPS) is 15.2. The monoisotopic (exact) mass is 689 g/mol. The SMILES string of the molecule is Cc1cc(O)c(NS(=O)Oc2cccc(N=Nc3cc(S(=O)(=O)N4CCOCC4)c(O)c4cccc(NS(C)(=O)=O)c34)c2)cc1C. The molecule has 5 rings (SSSR count). The van der Waals surface area contributed by atoms with E-state index in [0.717, 1.165) is 23.4 Å². The van der Waals surface area contributed by atoms with Gasteiger partial charge in [-0.2, -0.15) is 13.6 Å². The molecule has 1 heterocycles. The van der Waals surface area contributed by atoms with Crippen LogP contribution in [0.5, 0.6) is 17.2 Å². The summed E-state index contributed by atoms with van der Waals surface area (Å²) in [6.07, 6.45) is 0.954. The zero-order valence-electron chi connectivity index (χ0n) is 24.9. The Morgan fingerprint density at radius 2 is 1.61 bits per heavy atom. The number of phenolic OH excluding ortho intramolecular Hbond substituents is 2. The largest absolute Gasteiger partial charge is 0.506 e. The standard InChI is InChI=1S/C29H31N5O9S3/c1-18-14-24(26(35)15-19(18)2)32-44(37)43-21-7-4-6-20(16-21)30-31-25-17-27(46(40,41)34-10-12-42-13-11-34)29(36)22-8-5-9-23(28(22)25)33-45(3,38)39/h4-9,14-17,32-33,35-36H,10-13H2,1-3H3. The number of hydrogen-bond donors (Lipinski definition) is 4. The third-order valence-electron chi connectivity index (χ3n) is 7.03. The number of phenols is 2. The lowest BCUT2D eigenvalue weighted by Gasteiger charge is -2.26. The molecule has 0 amide bonds. The van der Waals surface area contributed by atoms with E-state index < -0.39 is 42.0 Å². The maximum Gasteiger partial charge on any atom is 0.316 e. The molecule has 0 aliphatic carbocycles. The molecule has 4 N–H and O–H groups in total. The number of aromatic hydroxyl groups is 2. The average molecular weight is 690 g/mol. The average Bonchev–Trinajstić information content (AvgIpc) is 2.99. The van der Waals surface area contributed by atoms with Crippen molar-refractivity contribution in [1.82, 2.24) is 4.31 Å². The highest BCUT2D eigenvalue weighted by molar-refractivity contribution is 7.92. The summed E-state index contributed by atoms with van der Waals surface area (Å²) in [5.41, 5.74) is 2.17. The molecule has 1 aliphatic heterocycles. The lowest BCUT2D eigenvalue weighted by Crippen LogP contribution is -2.40. The fraction of sp³-hybridized carbons (Fsp3) is 0.241. The third-order valence-corrected chi connectivity index (χ3v) is 10.3. The van der Waals surface area contributed by atoms with Crippen LogP contribution in [0.1, 0.15) is 11.1 Å². The smallest absolute Gasteiger partial charge is 0.316 e. The number of hydrogen-bond acceptors (Lipinski definition) is 11. The van der Waals surface area contributed by atoms with Crippen LogP contribution in [0.15, 0.2) is 75.8 Å². The van der Waals surface area contributed by atoms with Gasteiger partial charge in [0.15, 0.2) is 0 Å². The highest BCUT2D eigenvalue weighted by Gasteiger charge is 2.31. The Balaban J connectivity index is 1.51. The molecule has 4 aromatic carbocycles. The summed E-state index contributed by atoms with van der Waals surface area (Å²) in [4.78, 5) is -0.430. The van der Waals surface area contributed by atoms with Crippen molar-refractivity contribution in [3.8, 4) is 17.2 Å². The number of aryl methyl sites for hydroxylation is 2. The molecule has 17 heteroatoms. The molecule has 1 unspecified atom stereocenters. The van der Waals surface area contributed by atoms with Crippen LogP contribution in [0, 0.1) is 13.8 Å². The van der Waals surface area contributed by atoms with Crippen LogP contribution in [0.25, 0.3) is 10.8 Å². The first-order valence-corrected chi connectivity index (χ1v) is 18.2. The Bertz CT molecular complexity index is 2080. The first-order valence-electron chi connectivity index (χ1n) is 13.8. The van der Waals surface area contributed by atoms with E-state index in [9.17, 15) is 31.3 Å². The molecule has 1 atom stereocenters. The van der Waals surface area contributed by atoms with Crippen molar-refractivity contribution in [3.63, 3.8) is 0 Å². The molecule has 0 bridgehead atoms. The predicted octanol–water partition coefficient (Wildman–Crippen LogP) is 4.75. The molecule has 0 saturated carbocycles. The van der Waals surface area contributed by atoms with Gasteiger partial charge in [-0.05, 0) is 61.4 Å². The molecule has 1 fully saturated rings. The van der Waals surface area contributed by atoms with E-state index in [1.165, 1.54) is 40.7 Å². The van der Waals surface area contributed by atoms with E-state index in [0.29, 0.717) is 0 Å². The van der Waals surface area contributed by atoms with Crippen LogP contribution >= 0.6 is 0 Å². The fourth-order valence-corrected chi connectivity index (χ4v) is 7.45.